The van der Waals surface area contributed by atoms with Crippen molar-refractivity contribution in [3.8, 4) is 0 Å². The van der Waals surface area contributed by atoms with Gasteiger partial charge in [-0.15, -0.1) is 0 Å². The number of halogens is 2. The predicted octanol–water partition coefficient (Wildman–Crippen LogP) is 3.45. The number of ether oxygens (including phenoxy) is 1. The maximum absolute atomic E-state index is 13.2. The molecule has 0 unspecified atom stereocenters. The van der Waals surface area contributed by atoms with Crippen LogP contribution in [-0.4, -0.2) is 13.0 Å². The van der Waals surface area contributed by atoms with Crippen LogP contribution < -0.4 is 0 Å². The van der Waals surface area contributed by atoms with E-state index in [0.717, 1.165) is 0 Å². The molecule has 0 saturated heterocycles. The Labute approximate surface area is 82.8 Å². The minimum absolute atomic E-state index is 0.187. The zero-order valence-electron chi connectivity index (χ0n) is 8.22. The summed E-state index contributed by atoms with van der Waals surface area (Å²) in [5, 5.41) is 0. The third kappa shape index (κ3) is 3.32. The average molecular weight is 200 g/mol. The fourth-order valence-electron chi connectivity index (χ4n) is 1.33. The minimum Gasteiger partial charge on any atom is -0.501 e. The SMILES string of the molecule is C=C1/C=C\C=C(\OC)CCC(F)(F)C1. The highest BCUT2D eigenvalue weighted by atomic mass is 19.3. The summed E-state index contributed by atoms with van der Waals surface area (Å²) in [6, 6.07) is 0. The van der Waals surface area contributed by atoms with E-state index in [1.54, 1.807) is 18.2 Å². The molecule has 0 bridgehead atoms. The summed E-state index contributed by atoms with van der Waals surface area (Å²) in [5.41, 5.74) is 0.448. The Morgan fingerprint density at radius 3 is 2.86 bits per heavy atom. The fourth-order valence-corrected chi connectivity index (χ4v) is 1.33. The summed E-state index contributed by atoms with van der Waals surface area (Å²) in [4.78, 5) is 0. The van der Waals surface area contributed by atoms with Gasteiger partial charge in [0.15, 0.2) is 0 Å². The van der Waals surface area contributed by atoms with Crippen molar-refractivity contribution in [1.82, 2.24) is 0 Å². The van der Waals surface area contributed by atoms with Crippen LogP contribution in [0.4, 0.5) is 8.78 Å². The number of alkyl halides is 2. The maximum Gasteiger partial charge on any atom is 0.252 e. The van der Waals surface area contributed by atoms with Crippen LogP contribution >= 0.6 is 0 Å². The van der Waals surface area contributed by atoms with Crippen LogP contribution in [0.3, 0.4) is 0 Å². The van der Waals surface area contributed by atoms with Crippen molar-refractivity contribution in [1.29, 1.82) is 0 Å². The zero-order chi connectivity index (χ0) is 10.6. The van der Waals surface area contributed by atoms with Crippen molar-refractivity contribution in [2.24, 2.45) is 0 Å². The molecule has 0 atom stereocenters. The van der Waals surface area contributed by atoms with Gasteiger partial charge in [0.2, 0.25) is 0 Å². The van der Waals surface area contributed by atoms with Gasteiger partial charge in [-0.25, -0.2) is 8.78 Å². The molecule has 1 aliphatic rings. The Morgan fingerprint density at radius 2 is 2.21 bits per heavy atom. The average Bonchev–Trinajstić information content (AvgIpc) is 2.14. The molecule has 0 fully saturated rings. The first-order valence-corrected chi connectivity index (χ1v) is 4.50. The van der Waals surface area contributed by atoms with E-state index in [0.29, 0.717) is 11.3 Å². The van der Waals surface area contributed by atoms with Crippen molar-refractivity contribution in [2.45, 2.75) is 25.2 Å². The highest BCUT2D eigenvalue weighted by Crippen LogP contribution is 2.30. The van der Waals surface area contributed by atoms with Crippen molar-refractivity contribution in [2.75, 3.05) is 7.11 Å². The highest BCUT2D eigenvalue weighted by molar-refractivity contribution is 5.22. The van der Waals surface area contributed by atoms with E-state index in [2.05, 4.69) is 6.58 Å². The van der Waals surface area contributed by atoms with Crippen LogP contribution in [0, 0.1) is 0 Å². The summed E-state index contributed by atoms with van der Waals surface area (Å²) in [6.07, 6.45) is 4.80. The first-order valence-electron chi connectivity index (χ1n) is 4.50. The van der Waals surface area contributed by atoms with Crippen LogP contribution in [0.5, 0.6) is 0 Å². The molecule has 1 rings (SSSR count). The molecule has 1 aliphatic carbocycles. The van der Waals surface area contributed by atoms with Crippen molar-refractivity contribution in [3.63, 3.8) is 0 Å². The number of hydrogen-bond donors (Lipinski definition) is 0. The highest BCUT2D eigenvalue weighted by Gasteiger charge is 2.29. The van der Waals surface area contributed by atoms with Crippen LogP contribution in [-0.2, 0) is 4.74 Å². The number of allylic oxidation sites excluding steroid dienone is 5. The van der Waals surface area contributed by atoms with E-state index in [-0.39, 0.29) is 19.3 Å². The second-order valence-corrected chi connectivity index (χ2v) is 3.39. The summed E-state index contributed by atoms with van der Waals surface area (Å²) in [7, 11) is 1.49. The summed E-state index contributed by atoms with van der Waals surface area (Å²) in [5.74, 6) is -2.10. The number of methoxy groups -OCH3 is 1. The lowest BCUT2D eigenvalue weighted by atomic mass is 10.0. The first-order chi connectivity index (χ1) is 6.53. The lowest BCUT2D eigenvalue weighted by Gasteiger charge is -2.16. The molecule has 0 spiro atoms. The van der Waals surface area contributed by atoms with Crippen molar-refractivity contribution < 1.29 is 13.5 Å². The summed E-state index contributed by atoms with van der Waals surface area (Å²) < 4.78 is 31.4. The quantitative estimate of drug-likeness (QED) is 0.630. The molecule has 3 heteroatoms. The topological polar surface area (TPSA) is 9.23 Å². The number of hydrogen-bond acceptors (Lipinski definition) is 1. The molecule has 0 radical (unpaired) electrons. The first kappa shape index (κ1) is 11.0. The van der Waals surface area contributed by atoms with Gasteiger partial charge < -0.3 is 4.74 Å². The molecule has 0 amide bonds. The lowest BCUT2D eigenvalue weighted by molar-refractivity contribution is -0.00856. The molecule has 0 aromatic rings. The predicted molar refractivity (Wildman–Crippen MR) is 52.2 cm³/mol. The van der Waals surface area contributed by atoms with Gasteiger partial charge in [0, 0.05) is 19.3 Å². The molecule has 0 N–H and O–H groups in total. The lowest BCUT2D eigenvalue weighted by Crippen LogP contribution is -2.16. The van der Waals surface area contributed by atoms with Gasteiger partial charge in [-0.3, -0.25) is 0 Å². The van der Waals surface area contributed by atoms with Crippen LogP contribution in [0.25, 0.3) is 0 Å². The van der Waals surface area contributed by atoms with Crippen LogP contribution in [0.1, 0.15) is 19.3 Å². The van der Waals surface area contributed by atoms with E-state index in [1.165, 1.54) is 7.11 Å². The Hall–Kier alpha value is -1.12. The molecule has 1 nitrogen and oxygen atoms in total. The van der Waals surface area contributed by atoms with Gasteiger partial charge in [-0.1, -0.05) is 18.7 Å². The Bertz CT molecular complexity index is 277. The normalized spacial score (nSPS) is 27.9. The zero-order valence-corrected chi connectivity index (χ0v) is 8.22. The third-order valence-electron chi connectivity index (χ3n) is 2.10. The van der Waals surface area contributed by atoms with Gasteiger partial charge in [0.1, 0.15) is 0 Å². The molecule has 14 heavy (non-hydrogen) atoms. The second-order valence-electron chi connectivity index (χ2n) is 3.39. The van der Waals surface area contributed by atoms with Crippen molar-refractivity contribution >= 4 is 0 Å². The number of rotatable bonds is 1. The molecule has 0 aromatic heterocycles. The molecule has 0 heterocycles. The van der Waals surface area contributed by atoms with Gasteiger partial charge in [-0.2, -0.15) is 0 Å². The molecule has 78 valence electrons. The molecular formula is C11H14F2O. The summed E-state index contributed by atoms with van der Waals surface area (Å²) in [6.45, 7) is 3.57. The summed E-state index contributed by atoms with van der Waals surface area (Å²) >= 11 is 0. The maximum atomic E-state index is 13.2. The minimum atomic E-state index is -2.68. The monoisotopic (exact) mass is 200 g/mol. The standard InChI is InChI=1S/C11H14F2O/c1-9-4-3-5-10(14-2)6-7-11(12,13)8-9/h3-5H,1,6-8H2,2H3/b4-3-,10-5+. The molecule has 0 aromatic carbocycles. The second kappa shape index (κ2) is 4.40. The smallest absolute Gasteiger partial charge is 0.252 e. The van der Waals surface area contributed by atoms with E-state index < -0.39 is 5.92 Å². The Morgan fingerprint density at radius 1 is 1.50 bits per heavy atom. The Balaban J connectivity index is 2.80. The largest absolute Gasteiger partial charge is 0.501 e. The van der Waals surface area contributed by atoms with Gasteiger partial charge in [0.25, 0.3) is 5.92 Å². The molecule has 0 saturated carbocycles. The molecule has 0 aliphatic heterocycles. The van der Waals surface area contributed by atoms with E-state index in [9.17, 15) is 8.78 Å². The van der Waals surface area contributed by atoms with Crippen LogP contribution in [0.15, 0.2) is 36.1 Å². The van der Waals surface area contributed by atoms with E-state index in [4.69, 9.17) is 4.74 Å². The van der Waals surface area contributed by atoms with Crippen LogP contribution in [0.2, 0.25) is 0 Å². The fraction of sp³-hybridized carbons (Fsp3) is 0.455. The van der Waals surface area contributed by atoms with E-state index >= 15 is 0 Å². The van der Waals surface area contributed by atoms with Gasteiger partial charge in [0.05, 0.1) is 12.9 Å². The third-order valence-corrected chi connectivity index (χ3v) is 2.10. The van der Waals surface area contributed by atoms with E-state index in [1.807, 2.05) is 0 Å². The van der Waals surface area contributed by atoms with Gasteiger partial charge in [-0.05, 0) is 11.6 Å². The molecular weight excluding hydrogens is 186 g/mol. The van der Waals surface area contributed by atoms with Crippen molar-refractivity contribution in [3.05, 3.63) is 36.1 Å². The Kier molecular flexibility index (Phi) is 3.44. The van der Waals surface area contributed by atoms with Gasteiger partial charge >= 0.3 is 0 Å².